The normalized spacial score (nSPS) is 18.9. The molecule has 2 aromatic rings. The molecule has 1 aliphatic heterocycles. The summed E-state index contributed by atoms with van der Waals surface area (Å²) in [6, 6.07) is 14.0. The first kappa shape index (κ1) is 16.8. The van der Waals surface area contributed by atoms with Crippen LogP contribution in [0.15, 0.2) is 53.5 Å². The largest absolute Gasteiger partial charge is 0.493 e. The van der Waals surface area contributed by atoms with Gasteiger partial charge in [-0.15, -0.1) is 0 Å². The topological polar surface area (TPSA) is 66.4 Å². The highest BCUT2D eigenvalue weighted by atomic mass is 16.5. The molecule has 0 aliphatic carbocycles. The average molecular weight is 341 g/mol. The van der Waals surface area contributed by atoms with E-state index in [-0.39, 0.29) is 0 Å². The predicted octanol–water partition coefficient (Wildman–Crippen LogP) is 2.76. The average Bonchev–Trinajstić information content (AvgIpc) is 3.13. The third-order valence-corrected chi connectivity index (χ3v) is 3.98. The number of carbonyl (C=O) groups excluding carboxylic acids is 1. The summed E-state index contributed by atoms with van der Waals surface area (Å²) in [5, 5.41) is 0. The van der Waals surface area contributed by atoms with Gasteiger partial charge in [0.05, 0.1) is 21.3 Å². The van der Waals surface area contributed by atoms with Gasteiger partial charge >= 0.3 is 5.97 Å². The van der Waals surface area contributed by atoms with Gasteiger partial charge in [0.1, 0.15) is 0 Å². The van der Waals surface area contributed by atoms with Crippen molar-refractivity contribution in [2.24, 2.45) is 4.99 Å². The molecule has 1 aliphatic rings. The number of esters is 1. The Hall–Kier alpha value is -3.02. The first-order valence-electron chi connectivity index (χ1n) is 7.77. The second-order valence-corrected chi connectivity index (χ2v) is 5.42. The third-order valence-electron chi connectivity index (χ3n) is 3.98. The lowest BCUT2D eigenvalue weighted by Gasteiger charge is -2.18. The lowest BCUT2D eigenvalue weighted by Crippen LogP contribution is -2.25. The molecule has 130 valence electrons. The maximum Gasteiger partial charge on any atom is 0.335 e. The van der Waals surface area contributed by atoms with E-state index >= 15 is 0 Å². The Labute approximate surface area is 146 Å². The van der Waals surface area contributed by atoms with E-state index in [1.165, 1.54) is 7.11 Å². The van der Waals surface area contributed by atoms with Crippen molar-refractivity contribution < 1.29 is 23.7 Å². The number of nitrogens with zero attached hydrogens (tertiary/aromatic N) is 1. The highest BCUT2D eigenvalue weighted by Crippen LogP contribution is 2.36. The molecular formula is C19H19NO5. The van der Waals surface area contributed by atoms with Crippen LogP contribution in [0.25, 0.3) is 0 Å². The minimum Gasteiger partial charge on any atom is -0.493 e. The maximum atomic E-state index is 12.2. The van der Waals surface area contributed by atoms with Gasteiger partial charge in [0.15, 0.2) is 23.6 Å². The van der Waals surface area contributed by atoms with Crippen molar-refractivity contribution in [3.63, 3.8) is 0 Å². The van der Waals surface area contributed by atoms with Crippen LogP contribution in [0, 0.1) is 0 Å². The summed E-state index contributed by atoms with van der Waals surface area (Å²) in [6.45, 7) is 0. The summed E-state index contributed by atoms with van der Waals surface area (Å²) >= 11 is 0. The molecule has 25 heavy (non-hydrogen) atoms. The highest BCUT2D eigenvalue weighted by molar-refractivity contribution is 5.98. The molecule has 0 radical (unpaired) electrons. The molecule has 6 heteroatoms. The smallest absolute Gasteiger partial charge is 0.335 e. The molecule has 2 aromatic carbocycles. The van der Waals surface area contributed by atoms with Crippen LogP contribution in [0.1, 0.15) is 17.2 Å². The van der Waals surface area contributed by atoms with E-state index in [0.29, 0.717) is 17.4 Å². The van der Waals surface area contributed by atoms with E-state index < -0.39 is 18.1 Å². The second-order valence-electron chi connectivity index (χ2n) is 5.42. The van der Waals surface area contributed by atoms with Crippen molar-refractivity contribution in [2.75, 3.05) is 21.3 Å². The van der Waals surface area contributed by atoms with Gasteiger partial charge in [-0.05, 0) is 29.8 Å². The monoisotopic (exact) mass is 341 g/mol. The third kappa shape index (κ3) is 3.28. The first-order chi connectivity index (χ1) is 12.2. The quantitative estimate of drug-likeness (QED) is 0.783. The minimum atomic E-state index is -0.779. The molecular weight excluding hydrogens is 322 g/mol. The molecule has 0 N–H and O–H groups in total. The van der Waals surface area contributed by atoms with Gasteiger partial charge in [0.25, 0.3) is 0 Å². The zero-order chi connectivity index (χ0) is 17.8. The van der Waals surface area contributed by atoms with Gasteiger partial charge in [-0.25, -0.2) is 9.79 Å². The summed E-state index contributed by atoms with van der Waals surface area (Å²) < 4.78 is 21.5. The van der Waals surface area contributed by atoms with Crippen LogP contribution in [0.3, 0.4) is 0 Å². The fourth-order valence-corrected chi connectivity index (χ4v) is 2.71. The number of ether oxygens (including phenoxy) is 4. The lowest BCUT2D eigenvalue weighted by molar-refractivity contribution is -0.143. The second kappa shape index (κ2) is 7.25. The van der Waals surface area contributed by atoms with Crippen molar-refractivity contribution in [3.05, 3.63) is 59.7 Å². The SMILES string of the molecule is COC(=O)C1N=C(c2ccccc2)OC1c1ccc(OC)c(OC)c1. The summed E-state index contributed by atoms with van der Waals surface area (Å²) in [4.78, 5) is 16.6. The van der Waals surface area contributed by atoms with E-state index in [9.17, 15) is 4.79 Å². The summed E-state index contributed by atoms with van der Waals surface area (Å²) in [5.74, 6) is 1.12. The Morgan fingerprint density at radius 3 is 2.36 bits per heavy atom. The lowest BCUT2D eigenvalue weighted by atomic mass is 10.0. The predicted molar refractivity (Wildman–Crippen MR) is 92.2 cm³/mol. The number of hydrogen-bond donors (Lipinski definition) is 0. The van der Waals surface area contributed by atoms with Crippen LogP contribution >= 0.6 is 0 Å². The van der Waals surface area contributed by atoms with Crippen molar-refractivity contribution >= 4 is 11.9 Å². The van der Waals surface area contributed by atoms with Gasteiger partial charge < -0.3 is 18.9 Å². The fraction of sp³-hybridized carbons (Fsp3) is 0.263. The Bertz CT molecular complexity index is 788. The van der Waals surface area contributed by atoms with Crippen LogP contribution in [0.2, 0.25) is 0 Å². The molecule has 6 nitrogen and oxygen atoms in total. The summed E-state index contributed by atoms with van der Waals surface area (Å²) in [6.07, 6.45) is -0.595. The van der Waals surface area contributed by atoms with E-state index in [2.05, 4.69) is 4.99 Å². The molecule has 0 saturated heterocycles. The Balaban J connectivity index is 1.96. The maximum absolute atomic E-state index is 12.2. The number of carbonyl (C=O) groups is 1. The zero-order valence-electron chi connectivity index (χ0n) is 14.3. The molecule has 0 amide bonds. The van der Waals surface area contributed by atoms with Crippen molar-refractivity contribution in [3.8, 4) is 11.5 Å². The molecule has 1 heterocycles. The zero-order valence-corrected chi connectivity index (χ0v) is 14.3. The molecule has 3 rings (SSSR count). The van der Waals surface area contributed by atoms with Gasteiger partial charge in [0.2, 0.25) is 5.90 Å². The highest BCUT2D eigenvalue weighted by Gasteiger charge is 2.39. The number of hydrogen-bond acceptors (Lipinski definition) is 6. The van der Waals surface area contributed by atoms with Gasteiger partial charge in [-0.2, -0.15) is 0 Å². The number of benzene rings is 2. The van der Waals surface area contributed by atoms with Crippen LogP contribution in [-0.2, 0) is 14.3 Å². The number of methoxy groups -OCH3 is 3. The minimum absolute atomic E-state index is 0.413. The number of aliphatic imine (C=N–C) groups is 1. The Morgan fingerprint density at radius 2 is 1.72 bits per heavy atom. The van der Waals surface area contributed by atoms with Gasteiger partial charge in [0, 0.05) is 5.56 Å². The molecule has 0 spiro atoms. The van der Waals surface area contributed by atoms with E-state index in [4.69, 9.17) is 18.9 Å². The molecule has 2 unspecified atom stereocenters. The van der Waals surface area contributed by atoms with Crippen molar-refractivity contribution in [1.29, 1.82) is 0 Å². The first-order valence-corrected chi connectivity index (χ1v) is 7.77. The molecule has 0 fully saturated rings. The van der Waals surface area contributed by atoms with E-state index in [0.717, 1.165) is 11.1 Å². The summed E-state index contributed by atoms with van der Waals surface area (Å²) in [5.41, 5.74) is 1.56. The molecule has 0 bridgehead atoms. The molecule has 0 aromatic heterocycles. The Kier molecular flexibility index (Phi) is 4.88. The van der Waals surface area contributed by atoms with Crippen molar-refractivity contribution in [1.82, 2.24) is 0 Å². The van der Waals surface area contributed by atoms with Crippen LogP contribution in [0.5, 0.6) is 11.5 Å². The van der Waals surface area contributed by atoms with E-state index in [1.807, 2.05) is 36.4 Å². The van der Waals surface area contributed by atoms with Crippen LogP contribution in [0.4, 0.5) is 0 Å². The van der Waals surface area contributed by atoms with E-state index in [1.54, 1.807) is 26.4 Å². The summed E-state index contributed by atoms with van der Waals surface area (Å²) in [7, 11) is 4.46. The van der Waals surface area contributed by atoms with Crippen LogP contribution < -0.4 is 9.47 Å². The van der Waals surface area contributed by atoms with Gasteiger partial charge in [-0.3, -0.25) is 0 Å². The molecule has 2 atom stereocenters. The van der Waals surface area contributed by atoms with Gasteiger partial charge in [-0.1, -0.05) is 24.3 Å². The number of rotatable bonds is 5. The standard InChI is InChI=1S/C19H19NO5/c1-22-14-10-9-13(11-15(14)23-2)17-16(19(21)24-3)20-18(25-17)12-7-5-4-6-8-12/h4-11,16-17H,1-3H3. The van der Waals surface area contributed by atoms with Crippen LogP contribution in [-0.4, -0.2) is 39.2 Å². The molecule has 0 saturated carbocycles. The Morgan fingerprint density at radius 1 is 1.00 bits per heavy atom. The fourth-order valence-electron chi connectivity index (χ4n) is 2.71. The van der Waals surface area contributed by atoms with Crippen molar-refractivity contribution in [2.45, 2.75) is 12.1 Å².